The van der Waals surface area contributed by atoms with E-state index in [1.807, 2.05) is 19.4 Å². The van der Waals surface area contributed by atoms with Crippen LogP contribution in [0.15, 0.2) is 12.4 Å². The maximum atomic E-state index is 4.36. The standard InChI is InChI=1S/C13H26N4/c1-6-7-14-11(2)12(3)17(5)10-13-15-8-9-16(13)4/h8-9,11-12,14H,6-7,10H2,1-5H3. The summed E-state index contributed by atoms with van der Waals surface area (Å²) in [7, 11) is 4.20. The fourth-order valence-corrected chi connectivity index (χ4v) is 1.84. The van der Waals surface area contributed by atoms with Gasteiger partial charge in [-0.2, -0.15) is 0 Å². The van der Waals surface area contributed by atoms with Crippen LogP contribution in [0.5, 0.6) is 0 Å². The summed E-state index contributed by atoms with van der Waals surface area (Å²) in [6.45, 7) is 8.68. The summed E-state index contributed by atoms with van der Waals surface area (Å²) in [5.41, 5.74) is 0. The molecule has 0 spiro atoms. The Morgan fingerprint density at radius 1 is 1.47 bits per heavy atom. The molecule has 1 heterocycles. The molecule has 0 aliphatic heterocycles. The minimum atomic E-state index is 0.498. The molecule has 98 valence electrons. The van der Waals surface area contributed by atoms with Crippen LogP contribution >= 0.6 is 0 Å². The van der Waals surface area contributed by atoms with Crippen molar-refractivity contribution >= 4 is 0 Å². The van der Waals surface area contributed by atoms with Gasteiger partial charge in [0.2, 0.25) is 0 Å². The predicted molar refractivity (Wildman–Crippen MR) is 71.9 cm³/mol. The number of hydrogen-bond donors (Lipinski definition) is 1. The Morgan fingerprint density at radius 3 is 2.71 bits per heavy atom. The molecule has 0 aliphatic carbocycles. The SMILES string of the molecule is CCCNC(C)C(C)N(C)Cc1nccn1C. The average Bonchev–Trinajstić information content (AvgIpc) is 2.70. The molecule has 1 rings (SSSR count). The van der Waals surface area contributed by atoms with Gasteiger partial charge in [0.25, 0.3) is 0 Å². The van der Waals surface area contributed by atoms with E-state index in [2.05, 4.69) is 47.6 Å². The molecule has 4 nitrogen and oxygen atoms in total. The second-order valence-electron chi connectivity index (χ2n) is 4.85. The Balaban J connectivity index is 2.46. The summed E-state index contributed by atoms with van der Waals surface area (Å²) in [5, 5.41) is 3.54. The number of hydrogen-bond acceptors (Lipinski definition) is 3. The van der Waals surface area contributed by atoms with E-state index in [4.69, 9.17) is 0 Å². The zero-order chi connectivity index (χ0) is 12.8. The molecule has 1 aromatic rings. The highest BCUT2D eigenvalue weighted by atomic mass is 15.2. The van der Waals surface area contributed by atoms with Crippen LogP contribution in [0.1, 0.15) is 33.0 Å². The van der Waals surface area contributed by atoms with E-state index in [0.717, 1.165) is 18.9 Å². The van der Waals surface area contributed by atoms with Crippen LogP contribution in [0, 0.1) is 0 Å². The molecule has 4 heteroatoms. The summed E-state index contributed by atoms with van der Waals surface area (Å²) in [6, 6.07) is 0.999. The van der Waals surface area contributed by atoms with E-state index in [1.165, 1.54) is 6.42 Å². The third-order valence-corrected chi connectivity index (χ3v) is 3.45. The zero-order valence-corrected chi connectivity index (χ0v) is 11.8. The lowest BCUT2D eigenvalue weighted by atomic mass is 10.1. The molecule has 1 N–H and O–H groups in total. The summed E-state index contributed by atoms with van der Waals surface area (Å²) in [6.07, 6.45) is 5.03. The summed E-state index contributed by atoms with van der Waals surface area (Å²) < 4.78 is 2.08. The predicted octanol–water partition coefficient (Wildman–Crippen LogP) is 1.63. The molecule has 0 fully saturated rings. The first-order chi connectivity index (χ1) is 8.06. The molecule has 0 aliphatic rings. The Bertz CT molecular complexity index is 321. The number of aromatic nitrogens is 2. The molecular weight excluding hydrogens is 212 g/mol. The second kappa shape index (κ2) is 6.77. The van der Waals surface area contributed by atoms with Gasteiger partial charge in [-0.3, -0.25) is 4.90 Å². The molecule has 0 amide bonds. The van der Waals surface area contributed by atoms with E-state index in [0.29, 0.717) is 12.1 Å². The first-order valence-corrected chi connectivity index (χ1v) is 6.46. The number of nitrogens with zero attached hydrogens (tertiary/aromatic N) is 3. The van der Waals surface area contributed by atoms with Gasteiger partial charge in [0.05, 0.1) is 6.54 Å². The summed E-state index contributed by atoms with van der Waals surface area (Å²) >= 11 is 0. The van der Waals surface area contributed by atoms with Gasteiger partial charge in [0.1, 0.15) is 5.82 Å². The van der Waals surface area contributed by atoms with Crippen LogP contribution < -0.4 is 5.32 Å². The van der Waals surface area contributed by atoms with Gasteiger partial charge in [-0.25, -0.2) is 4.98 Å². The largest absolute Gasteiger partial charge is 0.337 e. The van der Waals surface area contributed by atoms with E-state index >= 15 is 0 Å². The van der Waals surface area contributed by atoms with Crippen LogP contribution in [0.25, 0.3) is 0 Å². The van der Waals surface area contributed by atoms with Gasteiger partial charge < -0.3 is 9.88 Å². The van der Waals surface area contributed by atoms with Crippen molar-refractivity contribution in [1.82, 2.24) is 19.8 Å². The average molecular weight is 238 g/mol. The monoisotopic (exact) mass is 238 g/mol. The van der Waals surface area contributed by atoms with Crippen molar-refractivity contribution < 1.29 is 0 Å². The van der Waals surface area contributed by atoms with Crippen molar-refractivity contribution in [2.45, 2.75) is 45.8 Å². The molecular formula is C13H26N4. The van der Waals surface area contributed by atoms with Crippen LogP contribution in [-0.2, 0) is 13.6 Å². The molecule has 0 radical (unpaired) electrons. The first kappa shape index (κ1) is 14.2. The van der Waals surface area contributed by atoms with Crippen molar-refractivity contribution in [3.05, 3.63) is 18.2 Å². The number of likely N-dealkylation sites (N-methyl/N-ethyl adjacent to an activating group) is 1. The molecule has 2 unspecified atom stereocenters. The van der Waals surface area contributed by atoms with Gasteiger partial charge >= 0.3 is 0 Å². The highest BCUT2D eigenvalue weighted by Gasteiger charge is 2.17. The van der Waals surface area contributed by atoms with Crippen molar-refractivity contribution in [3.8, 4) is 0 Å². The van der Waals surface area contributed by atoms with E-state index < -0.39 is 0 Å². The van der Waals surface area contributed by atoms with E-state index in [9.17, 15) is 0 Å². The topological polar surface area (TPSA) is 33.1 Å². The zero-order valence-electron chi connectivity index (χ0n) is 11.8. The van der Waals surface area contributed by atoms with Crippen molar-refractivity contribution in [2.75, 3.05) is 13.6 Å². The normalized spacial score (nSPS) is 15.2. The van der Waals surface area contributed by atoms with Gasteiger partial charge in [0.15, 0.2) is 0 Å². The van der Waals surface area contributed by atoms with Crippen LogP contribution in [0.4, 0.5) is 0 Å². The maximum absolute atomic E-state index is 4.36. The highest BCUT2D eigenvalue weighted by molar-refractivity contribution is 4.92. The minimum absolute atomic E-state index is 0.498. The molecule has 17 heavy (non-hydrogen) atoms. The first-order valence-electron chi connectivity index (χ1n) is 6.46. The number of aryl methyl sites for hydroxylation is 1. The van der Waals surface area contributed by atoms with Gasteiger partial charge in [-0.1, -0.05) is 6.92 Å². The number of imidazole rings is 1. The molecule has 0 saturated heterocycles. The molecule has 0 bridgehead atoms. The molecule has 0 aromatic carbocycles. The minimum Gasteiger partial charge on any atom is -0.337 e. The van der Waals surface area contributed by atoms with E-state index in [1.54, 1.807) is 0 Å². The summed E-state index contributed by atoms with van der Waals surface area (Å²) in [5.74, 6) is 1.11. The number of nitrogens with one attached hydrogen (secondary N) is 1. The Morgan fingerprint density at radius 2 is 2.18 bits per heavy atom. The van der Waals surface area contributed by atoms with Crippen LogP contribution in [-0.4, -0.2) is 40.1 Å². The summed E-state index contributed by atoms with van der Waals surface area (Å²) in [4.78, 5) is 6.70. The molecule has 2 atom stereocenters. The molecule has 0 saturated carbocycles. The highest BCUT2D eigenvalue weighted by Crippen LogP contribution is 2.07. The quantitative estimate of drug-likeness (QED) is 0.784. The Labute approximate surface area is 105 Å². The van der Waals surface area contributed by atoms with Crippen LogP contribution in [0.2, 0.25) is 0 Å². The third kappa shape index (κ3) is 4.13. The lowest BCUT2D eigenvalue weighted by Gasteiger charge is -2.30. The Kier molecular flexibility index (Phi) is 5.65. The smallest absolute Gasteiger partial charge is 0.122 e. The van der Waals surface area contributed by atoms with Gasteiger partial charge in [0, 0.05) is 31.5 Å². The van der Waals surface area contributed by atoms with Gasteiger partial charge in [-0.15, -0.1) is 0 Å². The fourth-order valence-electron chi connectivity index (χ4n) is 1.84. The van der Waals surface area contributed by atoms with Crippen molar-refractivity contribution in [1.29, 1.82) is 0 Å². The maximum Gasteiger partial charge on any atom is 0.122 e. The van der Waals surface area contributed by atoms with Crippen LogP contribution in [0.3, 0.4) is 0 Å². The Hall–Kier alpha value is -0.870. The lowest BCUT2D eigenvalue weighted by Crippen LogP contribution is -2.45. The van der Waals surface area contributed by atoms with E-state index in [-0.39, 0.29) is 0 Å². The lowest BCUT2D eigenvalue weighted by molar-refractivity contribution is 0.200. The second-order valence-corrected chi connectivity index (χ2v) is 4.85. The third-order valence-electron chi connectivity index (χ3n) is 3.45. The fraction of sp³-hybridized carbons (Fsp3) is 0.769. The molecule has 1 aromatic heterocycles. The van der Waals surface area contributed by atoms with Crippen molar-refractivity contribution in [2.24, 2.45) is 7.05 Å². The van der Waals surface area contributed by atoms with Crippen molar-refractivity contribution in [3.63, 3.8) is 0 Å². The van der Waals surface area contributed by atoms with Gasteiger partial charge in [-0.05, 0) is 33.9 Å². The number of rotatable bonds is 7.